The first-order valence-corrected chi connectivity index (χ1v) is 10.9. The second-order valence-corrected chi connectivity index (χ2v) is 9.59. The van der Waals surface area contributed by atoms with E-state index in [0.29, 0.717) is 17.3 Å². The lowest BCUT2D eigenvalue weighted by Gasteiger charge is -2.31. The highest BCUT2D eigenvalue weighted by atomic mass is 79.9. The molecular formula is C23H28BrClN2O3. The van der Waals surface area contributed by atoms with Gasteiger partial charge in [0.2, 0.25) is 5.91 Å². The molecule has 2 amide bonds. The SMILES string of the molecule is Cc1cc(OCC(=O)N(Cc2cccc(Br)c2)C(C)C(=O)NC(C)(C)C)ccc1Cl. The van der Waals surface area contributed by atoms with Crippen molar-refractivity contribution < 1.29 is 14.3 Å². The number of hydrogen-bond donors (Lipinski definition) is 1. The Balaban J connectivity index is 2.18. The van der Waals surface area contributed by atoms with Crippen LogP contribution in [-0.2, 0) is 16.1 Å². The maximum absolute atomic E-state index is 13.1. The molecule has 2 rings (SSSR count). The minimum absolute atomic E-state index is 0.178. The number of aryl methyl sites for hydroxylation is 1. The molecule has 0 aromatic heterocycles. The van der Waals surface area contributed by atoms with Crippen LogP contribution >= 0.6 is 27.5 Å². The van der Waals surface area contributed by atoms with Gasteiger partial charge in [0.25, 0.3) is 5.91 Å². The number of halogens is 2. The van der Waals surface area contributed by atoms with E-state index >= 15 is 0 Å². The van der Waals surface area contributed by atoms with Crippen LogP contribution in [-0.4, -0.2) is 34.9 Å². The van der Waals surface area contributed by atoms with E-state index in [1.165, 1.54) is 4.90 Å². The molecule has 162 valence electrons. The van der Waals surface area contributed by atoms with Gasteiger partial charge in [-0.25, -0.2) is 0 Å². The minimum Gasteiger partial charge on any atom is -0.484 e. The molecule has 0 aliphatic carbocycles. The third-order valence-corrected chi connectivity index (χ3v) is 5.32. The molecule has 7 heteroatoms. The lowest BCUT2D eigenvalue weighted by molar-refractivity contribution is -0.142. The Kier molecular flexibility index (Phi) is 8.33. The van der Waals surface area contributed by atoms with E-state index in [0.717, 1.165) is 15.6 Å². The van der Waals surface area contributed by atoms with Crippen molar-refractivity contribution in [1.82, 2.24) is 10.2 Å². The van der Waals surface area contributed by atoms with Crippen LogP contribution in [0, 0.1) is 6.92 Å². The van der Waals surface area contributed by atoms with Crippen LogP contribution in [0.2, 0.25) is 5.02 Å². The average Bonchev–Trinajstić information content (AvgIpc) is 2.65. The molecule has 2 aromatic rings. The predicted octanol–water partition coefficient (Wildman–Crippen LogP) is 5.12. The molecule has 0 saturated heterocycles. The van der Waals surface area contributed by atoms with E-state index in [-0.39, 0.29) is 18.4 Å². The number of nitrogens with zero attached hydrogens (tertiary/aromatic N) is 1. The Hall–Kier alpha value is -2.05. The number of amides is 2. The summed E-state index contributed by atoms with van der Waals surface area (Å²) in [7, 11) is 0. The third kappa shape index (κ3) is 7.33. The van der Waals surface area contributed by atoms with Gasteiger partial charge in [0, 0.05) is 21.6 Å². The van der Waals surface area contributed by atoms with Crippen LogP contribution < -0.4 is 10.1 Å². The Morgan fingerprint density at radius 1 is 1.20 bits per heavy atom. The molecule has 30 heavy (non-hydrogen) atoms. The normalized spacial score (nSPS) is 12.2. The topological polar surface area (TPSA) is 58.6 Å². The highest BCUT2D eigenvalue weighted by Crippen LogP contribution is 2.21. The fourth-order valence-corrected chi connectivity index (χ4v) is 3.39. The molecule has 0 spiro atoms. The molecule has 0 saturated carbocycles. The first kappa shape index (κ1) is 24.2. The van der Waals surface area contributed by atoms with E-state index in [9.17, 15) is 9.59 Å². The molecule has 0 fully saturated rings. The fraction of sp³-hybridized carbons (Fsp3) is 0.391. The summed E-state index contributed by atoms with van der Waals surface area (Å²) in [5, 5.41) is 3.58. The van der Waals surface area contributed by atoms with Crippen molar-refractivity contribution in [3.8, 4) is 5.75 Å². The van der Waals surface area contributed by atoms with Crippen molar-refractivity contribution in [3.63, 3.8) is 0 Å². The zero-order valence-electron chi connectivity index (χ0n) is 18.0. The Morgan fingerprint density at radius 3 is 2.50 bits per heavy atom. The van der Waals surface area contributed by atoms with Gasteiger partial charge < -0.3 is 15.0 Å². The minimum atomic E-state index is -0.661. The number of carbonyl (C=O) groups excluding carboxylic acids is 2. The smallest absolute Gasteiger partial charge is 0.261 e. The van der Waals surface area contributed by atoms with Gasteiger partial charge in [0.15, 0.2) is 6.61 Å². The highest BCUT2D eigenvalue weighted by Gasteiger charge is 2.28. The van der Waals surface area contributed by atoms with Crippen molar-refractivity contribution in [2.45, 2.75) is 52.7 Å². The van der Waals surface area contributed by atoms with Crippen LogP contribution in [0.1, 0.15) is 38.8 Å². The third-order valence-electron chi connectivity index (χ3n) is 4.40. The summed E-state index contributed by atoms with van der Waals surface area (Å²) in [5.41, 5.74) is 1.38. The molecule has 0 bridgehead atoms. The van der Waals surface area contributed by atoms with Crippen LogP contribution in [0.15, 0.2) is 46.9 Å². The van der Waals surface area contributed by atoms with Crippen LogP contribution in [0.3, 0.4) is 0 Å². The van der Waals surface area contributed by atoms with E-state index in [1.807, 2.05) is 52.0 Å². The molecule has 0 heterocycles. The molecule has 5 nitrogen and oxygen atoms in total. The lowest BCUT2D eigenvalue weighted by atomic mass is 10.1. The number of carbonyl (C=O) groups is 2. The van der Waals surface area contributed by atoms with Gasteiger partial charge in [0.1, 0.15) is 11.8 Å². The van der Waals surface area contributed by atoms with Gasteiger partial charge in [0.05, 0.1) is 0 Å². The lowest BCUT2D eigenvalue weighted by Crippen LogP contribution is -2.53. The standard InChI is InChI=1S/C23H28BrClN2O3/c1-15-11-19(9-10-20(15)25)30-14-21(28)27(13-17-7-6-8-18(24)12-17)16(2)22(29)26-23(3,4)5/h6-12,16H,13-14H2,1-5H3,(H,26,29). The molecule has 0 aliphatic rings. The summed E-state index contributed by atoms with van der Waals surface area (Å²) in [6, 6.07) is 12.2. The molecular weight excluding hydrogens is 468 g/mol. The first-order valence-electron chi connectivity index (χ1n) is 9.71. The fourth-order valence-electron chi connectivity index (χ4n) is 2.82. The van der Waals surface area contributed by atoms with Crippen LogP contribution in [0.4, 0.5) is 0 Å². The number of nitrogens with one attached hydrogen (secondary N) is 1. The monoisotopic (exact) mass is 494 g/mol. The molecule has 1 unspecified atom stereocenters. The summed E-state index contributed by atoms with van der Waals surface area (Å²) in [6.07, 6.45) is 0. The Labute approximate surface area is 191 Å². The molecule has 0 aliphatic heterocycles. The highest BCUT2D eigenvalue weighted by molar-refractivity contribution is 9.10. The van der Waals surface area contributed by atoms with E-state index in [1.54, 1.807) is 25.1 Å². The maximum atomic E-state index is 13.1. The van der Waals surface area contributed by atoms with Gasteiger partial charge in [-0.05, 0) is 76.1 Å². The van der Waals surface area contributed by atoms with Crippen LogP contribution in [0.5, 0.6) is 5.75 Å². The number of rotatable bonds is 7. The molecule has 1 atom stereocenters. The van der Waals surface area contributed by atoms with Gasteiger partial charge in [-0.15, -0.1) is 0 Å². The average molecular weight is 496 g/mol. The predicted molar refractivity (Wildman–Crippen MR) is 124 cm³/mol. The van der Waals surface area contributed by atoms with Crippen LogP contribution in [0.25, 0.3) is 0 Å². The quantitative estimate of drug-likeness (QED) is 0.580. The summed E-state index contributed by atoms with van der Waals surface area (Å²) in [6.45, 7) is 9.43. The zero-order chi connectivity index (χ0) is 22.5. The number of benzene rings is 2. The number of ether oxygens (including phenoxy) is 1. The first-order chi connectivity index (χ1) is 14.0. The largest absolute Gasteiger partial charge is 0.484 e. The van der Waals surface area contributed by atoms with Crippen molar-refractivity contribution in [1.29, 1.82) is 0 Å². The van der Waals surface area contributed by atoms with Crippen molar-refractivity contribution in [2.75, 3.05) is 6.61 Å². The van der Waals surface area contributed by atoms with Gasteiger partial charge in [-0.2, -0.15) is 0 Å². The maximum Gasteiger partial charge on any atom is 0.261 e. The summed E-state index contributed by atoms with van der Waals surface area (Å²) in [5.74, 6) is 0.0618. The molecule has 1 N–H and O–H groups in total. The summed E-state index contributed by atoms with van der Waals surface area (Å²) >= 11 is 9.50. The van der Waals surface area contributed by atoms with E-state index in [4.69, 9.17) is 16.3 Å². The Bertz CT molecular complexity index is 912. The molecule has 0 radical (unpaired) electrons. The van der Waals surface area contributed by atoms with Crippen molar-refractivity contribution in [3.05, 3.63) is 63.1 Å². The van der Waals surface area contributed by atoms with E-state index < -0.39 is 11.6 Å². The van der Waals surface area contributed by atoms with Gasteiger partial charge in [-0.1, -0.05) is 39.7 Å². The zero-order valence-corrected chi connectivity index (χ0v) is 20.3. The second-order valence-electron chi connectivity index (χ2n) is 8.27. The summed E-state index contributed by atoms with van der Waals surface area (Å²) in [4.78, 5) is 27.3. The number of hydrogen-bond acceptors (Lipinski definition) is 3. The van der Waals surface area contributed by atoms with Crippen molar-refractivity contribution >= 4 is 39.3 Å². The molecule has 2 aromatic carbocycles. The Morgan fingerprint density at radius 2 is 1.90 bits per heavy atom. The summed E-state index contributed by atoms with van der Waals surface area (Å²) < 4.78 is 6.60. The van der Waals surface area contributed by atoms with Gasteiger partial charge in [-0.3, -0.25) is 9.59 Å². The second kappa shape index (κ2) is 10.3. The van der Waals surface area contributed by atoms with Crippen molar-refractivity contribution in [2.24, 2.45) is 0 Å². The van der Waals surface area contributed by atoms with E-state index in [2.05, 4.69) is 21.2 Å². The van der Waals surface area contributed by atoms with Gasteiger partial charge >= 0.3 is 0 Å².